The second kappa shape index (κ2) is 6.73. The van der Waals surface area contributed by atoms with Crippen molar-refractivity contribution >= 4 is 0 Å². The molecule has 0 fully saturated rings. The van der Waals surface area contributed by atoms with E-state index in [2.05, 4.69) is 58.0 Å². The molecule has 0 bridgehead atoms. The summed E-state index contributed by atoms with van der Waals surface area (Å²) in [7, 11) is 0. The average molecular weight is 218 g/mol. The van der Waals surface area contributed by atoms with Crippen molar-refractivity contribution in [3.63, 3.8) is 0 Å². The Morgan fingerprint density at radius 3 is 1.88 bits per heavy atom. The van der Waals surface area contributed by atoms with Gasteiger partial charge in [0, 0.05) is 0 Å². The Kier molecular flexibility index (Phi) is 5.59. The lowest BCUT2D eigenvalue weighted by Gasteiger charge is -2.31. The molecule has 0 saturated heterocycles. The molecule has 0 N–H and O–H groups in total. The van der Waals surface area contributed by atoms with E-state index in [0.29, 0.717) is 0 Å². The minimum absolute atomic E-state index is 0.737. The zero-order valence-electron chi connectivity index (χ0n) is 11.2. The summed E-state index contributed by atoms with van der Waals surface area (Å²) < 4.78 is 0. The van der Waals surface area contributed by atoms with Crippen LogP contribution in [0.3, 0.4) is 0 Å². The SMILES string of the molecule is CCC(C)C(c1ccccc1)C(CC)CC. The molecule has 1 aromatic rings. The molecule has 1 rings (SSSR count). The van der Waals surface area contributed by atoms with E-state index in [9.17, 15) is 0 Å². The third-order valence-electron chi connectivity index (χ3n) is 4.00. The highest BCUT2D eigenvalue weighted by Gasteiger charge is 2.24. The zero-order chi connectivity index (χ0) is 12.0. The first-order valence-electron chi connectivity index (χ1n) is 6.79. The normalized spacial score (nSPS) is 15.1. The molecular formula is C16H26. The molecular weight excluding hydrogens is 192 g/mol. The average Bonchev–Trinajstić information content (AvgIpc) is 2.36. The summed E-state index contributed by atoms with van der Waals surface area (Å²) in [5, 5.41) is 0. The van der Waals surface area contributed by atoms with Gasteiger partial charge in [-0.15, -0.1) is 0 Å². The molecule has 0 heterocycles. The van der Waals surface area contributed by atoms with E-state index in [-0.39, 0.29) is 0 Å². The van der Waals surface area contributed by atoms with E-state index >= 15 is 0 Å². The van der Waals surface area contributed by atoms with Crippen molar-refractivity contribution in [2.45, 2.75) is 52.9 Å². The quantitative estimate of drug-likeness (QED) is 0.611. The van der Waals surface area contributed by atoms with Gasteiger partial charge in [0.25, 0.3) is 0 Å². The van der Waals surface area contributed by atoms with Crippen molar-refractivity contribution in [1.82, 2.24) is 0 Å². The second-order valence-corrected chi connectivity index (χ2v) is 4.90. The van der Waals surface area contributed by atoms with Crippen molar-refractivity contribution in [3.05, 3.63) is 35.9 Å². The van der Waals surface area contributed by atoms with Crippen LogP contribution in [0.15, 0.2) is 30.3 Å². The smallest absolute Gasteiger partial charge is 0.0108 e. The van der Waals surface area contributed by atoms with Crippen LogP contribution in [-0.2, 0) is 0 Å². The highest BCUT2D eigenvalue weighted by atomic mass is 14.3. The van der Waals surface area contributed by atoms with Crippen molar-refractivity contribution in [1.29, 1.82) is 0 Å². The predicted octanol–water partition coefficient (Wildman–Crippen LogP) is 5.25. The summed E-state index contributed by atoms with van der Waals surface area (Å²) in [6.07, 6.45) is 3.86. The summed E-state index contributed by atoms with van der Waals surface area (Å²) in [4.78, 5) is 0. The highest BCUT2D eigenvalue weighted by Crippen LogP contribution is 2.37. The molecule has 0 aliphatic heterocycles. The fraction of sp³-hybridized carbons (Fsp3) is 0.625. The summed E-state index contributed by atoms with van der Waals surface area (Å²) in [5.74, 6) is 2.35. The summed E-state index contributed by atoms with van der Waals surface area (Å²) >= 11 is 0. The zero-order valence-corrected chi connectivity index (χ0v) is 11.2. The van der Waals surface area contributed by atoms with E-state index in [1.165, 1.54) is 24.8 Å². The van der Waals surface area contributed by atoms with E-state index in [0.717, 1.165) is 17.8 Å². The molecule has 0 aliphatic rings. The van der Waals surface area contributed by atoms with Crippen molar-refractivity contribution in [2.75, 3.05) is 0 Å². The fourth-order valence-corrected chi connectivity index (χ4v) is 2.79. The molecule has 0 aliphatic carbocycles. The maximum absolute atomic E-state index is 2.40. The van der Waals surface area contributed by atoms with Gasteiger partial charge in [-0.3, -0.25) is 0 Å². The number of hydrogen-bond acceptors (Lipinski definition) is 0. The monoisotopic (exact) mass is 218 g/mol. The van der Waals surface area contributed by atoms with Crippen LogP contribution in [0.2, 0.25) is 0 Å². The third-order valence-corrected chi connectivity index (χ3v) is 4.00. The Morgan fingerprint density at radius 2 is 1.44 bits per heavy atom. The van der Waals surface area contributed by atoms with Gasteiger partial charge in [0.2, 0.25) is 0 Å². The van der Waals surface area contributed by atoms with Crippen LogP contribution in [-0.4, -0.2) is 0 Å². The molecule has 0 saturated carbocycles. The maximum Gasteiger partial charge on any atom is -0.0108 e. The van der Waals surface area contributed by atoms with Crippen molar-refractivity contribution < 1.29 is 0 Å². The number of benzene rings is 1. The molecule has 0 aromatic heterocycles. The second-order valence-electron chi connectivity index (χ2n) is 4.90. The van der Waals surface area contributed by atoms with Crippen molar-refractivity contribution in [3.8, 4) is 0 Å². The Hall–Kier alpha value is -0.780. The van der Waals surface area contributed by atoms with Gasteiger partial charge >= 0.3 is 0 Å². The van der Waals surface area contributed by atoms with Crippen LogP contribution < -0.4 is 0 Å². The lowest BCUT2D eigenvalue weighted by Crippen LogP contribution is -2.18. The standard InChI is InChI=1S/C16H26/c1-5-13(4)16(14(6-2)7-3)15-11-9-8-10-12-15/h8-14,16H,5-7H2,1-4H3. The first kappa shape index (κ1) is 13.3. The van der Waals surface area contributed by atoms with E-state index in [1.807, 2.05) is 0 Å². The van der Waals surface area contributed by atoms with Crippen LogP contribution in [0.1, 0.15) is 58.4 Å². The lowest BCUT2D eigenvalue weighted by molar-refractivity contribution is 0.302. The van der Waals surface area contributed by atoms with E-state index < -0.39 is 0 Å². The van der Waals surface area contributed by atoms with Gasteiger partial charge in [-0.1, -0.05) is 77.3 Å². The first-order valence-corrected chi connectivity index (χ1v) is 6.79. The first-order chi connectivity index (χ1) is 7.74. The maximum atomic E-state index is 2.40. The van der Waals surface area contributed by atoms with Gasteiger partial charge < -0.3 is 0 Å². The Morgan fingerprint density at radius 1 is 0.875 bits per heavy atom. The molecule has 0 spiro atoms. The topological polar surface area (TPSA) is 0 Å². The van der Waals surface area contributed by atoms with Gasteiger partial charge in [0.1, 0.15) is 0 Å². The van der Waals surface area contributed by atoms with Gasteiger partial charge in [-0.05, 0) is 23.3 Å². The molecule has 0 nitrogen and oxygen atoms in total. The molecule has 90 valence electrons. The summed E-state index contributed by atoms with van der Waals surface area (Å²) in [6, 6.07) is 11.1. The minimum atomic E-state index is 0.737. The largest absolute Gasteiger partial charge is 0.0651 e. The molecule has 16 heavy (non-hydrogen) atoms. The van der Waals surface area contributed by atoms with E-state index in [1.54, 1.807) is 0 Å². The van der Waals surface area contributed by atoms with Crippen LogP contribution in [0.25, 0.3) is 0 Å². The Labute approximate surface area is 101 Å². The lowest BCUT2D eigenvalue weighted by atomic mass is 9.74. The molecule has 0 radical (unpaired) electrons. The molecule has 0 heteroatoms. The Balaban J connectivity index is 2.95. The summed E-state index contributed by atoms with van der Waals surface area (Å²) in [5.41, 5.74) is 1.53. The fourth-order valence-electron chi connectivity index (χ4n) is 2.79. The predicted molar refractivity (Wildman–Crippen MR) is 72.7 cm³/mol. The number of rotatable bonds is 6. The van der Waals surface area contributed by atoms with Gasteiger partial charge in [-0.2, -0.15) is 0 Å². The number of hydrogen-bond donors (Lipinski definition) is 0. The third kappa shape index (κ3) is 3.10. The van der Waals surface area contributed by atoms with Gasteiger partial charge in [-0.25, -0.2) is 0 Å². The molecule has 1 aromatic carbocycles. The minimum Gasteiger partial charge on any atom is -0.0651 e. The van der Waals surface area contributed by atoms with Gasteiger partial charge in [0.05, 0.1) is 0 Å². The van der Waals surface area contributed by atoms with Crippen molar-refractivity contribution in [2.24, 2.45) is 11.8 Å². The highest BCUT2D eigenvalue weighted by molar-refractivity contribution is 5.21. The molecule has 0 amide bonds. The van der Waals surface area contributed by atoms with Crippen LogP contribution >= 0.6 is 0 Å². The van der Waals surface area contributed by atoms with E-state index in [4.69, 9.17) is 0 Å². The van der Waals surface area contributed by atoms with Crippen LogP contribution in [0, 0.1) is 11.8 Å². The van der Waals surface area contributed by atoms with Crippen LogP contribution in [0.5, 0.6) is 0 Å². The van der Waals surface area contributed by atoms with Crippen LogP contribution in [0.4, 0.5) is 0 Å². The molecule has 2 atom stereocenters. The summed E-state index contributed by atoms with van der Waals surface area (Å²) in [6.45, 7) is 9.36. The molecule has 2 unspecified atom stereocenters. The van der Waals surface area contributed by atoms with Gasteiger partial charge in [0.15, 0.2) is 0 Å². The Bertz CT molecular complexity index is 271.